The molecule has 0 bridgehead atoms. The van der Waals surface area contributed by atoms with Crippen molar-refractivity contribution in [2.24, 2.45) is 0 Å². The third-order valence-electron chi connectivity index (χ3n) is 3.24. The molecule has 1 heterocycles. The molecule has 2 aromatic carbocycles. The molecule has 0 spiro atoms. The Hall–Kier alpha value is -2.82. The number of ether oxygens (including phenoxy) is 1. The molecule has 0 amide bonds. The van der Waals surface area contributed by atoms with E-state index < -0.39 is 11.8 Å². The van der Waals surface area contributed by atoms with Gasteiger partial charge >= 0.3 is 5.97 Å². The number of hydrogen-bond acceptors (Lipinski definition) is 3. The van der Waals surface area contributed by atoms with Gasteiger partial charge in [0.1, 0.15) is 12.4 Å². The molecule has 4 nitrogen and oxygen atoms in total. The van der Waals surface area contributed by atoms with Crippen molar-refractivity contribution in [2.45, 2.75) is 6.61 Å². The Kier molecular flexibility index (Phi) is 3.31. The Bertz CT molecular complexity index is 811. The average Bonchev–Trinajstić information content (AvgIpc) is 2.89. The van der Waals surface area contributed by atoms with Crippen molar-refractivity contribution in [3.05, 3.63) is 65.6 Å². The molecule has 0 saturated carbocycles. The smallest absolute Gasteiger partial charge is 0.340 e. The molecule has 21 heavy (non-hydrogen) atoms. The van der Waals surface area contributed by atoms with Crippen LogP contribution in [0.1, 0.15) is 15.9 Å². The van der Waals surface area contributed by atoms with Crippen molar-refractivity contribution in [1.82, 2.24) is 4.98 Å². The van der Waals surface area contributed by atoms with Crippen LogP contribution in [-0.2, 0) is 11.3 Å². The molecule has 0 saturated heterocycles. The first-order valence-electron chi connectivity index (χ1n) is 6.42. The molecule has 3 rings (SSSR count). The Morgan fingerprint density at radius 2 is 2.05 bits per heavy atom. The van der Waals surface area contributed by atoms with Gasteiger partial charge in [-0.3, -0.25) is 0 Å². The van der Waals surface area contributed by atoms with Crippen molar-refractivity contribution in [1.29, 1.82) is 0 Å². The number of carbonyl (C=O) groups excluding carboxylic acids is 1. The Balaban J connectivity index is 1.80. The van der Waals surface area contributed by atoms with Crippen molar-refractivity contribution in [3.8, 4) is 0 Å². The lowest BCUT2D eigenvalue weighted by atomic mass is 10.1. The second kappa shape index (κ2) is 5.28. The van der Waals surface area contributed by atoms with Crippen LogP contribution in [0.3, 0.4) is 0 Å². The van der Waals surface area contributed by atoms with Gasteiger partial charge in [-0.05, 0) is 24.3 Å². The third-order valence-corrected chi connectivity index (χ3v) is 3.24. The number of nitrogen functional groups attached to an aromatic ring is 1. The quantitative estimate of drug-likeness (QED) is 0.573. The highest BCUT2D eigenvalue weighted by molar-refractivity contribution is 6.04. The number of benzene rings is 2. The number of anilines is 1. The van der Waals surface area contributed by atoms with Crippen molar-refractivity contribution in [2.75, 3.05) is 5.73 Å². The minimum absolute atomic E-state index is 0.104. The summed E-state index contributed by atoms with van der Waals surface area (Å²) in [6, 6.07) is 11.4. The summed E-state index contributed by atoms with van der Waals surface area (Å²) in [5.41, 5.74) is 7.79. The molecule has 0 atom stereocenters. The van der Waals surface area contributed by atoms with Gasteiger partial charge in [-0.15, -0.1) is 0 Å². The third kappa shape index (κ3) is 2.58. The fourth-order valence-corrected chi connectivity index (χ4v) is 2.15. The molecule has 5 heteroatoms. The fourth-order valence-electron chi connectivity index (χ4n) is 2.15. The van der Waals surface area contributed by atoms with E-state index in [0.29, 0.717) is 16.8 Å². The van der Waals surface area contributed by atoms with Crippen LogP contribution in [0.15, 0.2) is 48.7 Å². The summed E-state index contributed by atoms with van der Waals surface area (Å²) in [5, 5.41) is 0.725. The zero-order valence-corrected chi connectivity index (χ0v) is 11.1. The molecule has 0 aliphatic heterocycles. The second-order valence-electron chi connectivity index (χ2n) is 4.67. The molecule has 3 aromatic rings. The number of esters is 1. The molecular weight excluding hydrogens is 271 g/mol. The van der Waals surface area contributed by atoms with Crippen molar-refractivity contribution < 1.29 is 13.9 Å². The van der Waals surface area contributed by atoms with Crippen LogP contribution in [0.5, 0.6) is 0 Å². The van der Waals surface area contributed by atoms with E-state index in [1.54, 1.807) is 42.6 Å². The number of H-pyrrole nitrogens is 1. The molecule has 0 fully saturated rings. The van der Waals surface area contributed by atoms with Crippen LogP contribution >= 0.6 is 0 Å². The van der Waals surface area contributed by atoms with Crippen LogP contribution in [0.25, 0.3) is 10.9 Å². The number of rotatable bonds is 3. The minimum Gasteiger partial charge on any atom is -0.457 e. The van der Waals surface area contributed by atoms with Crippen LogP contribution in [-0.4, -0.2) is 11.0 Å². The predicted octanol–water partition coefficient (Wildman–Crippen LogP) is 3.25. The molecule has 0 radical (unpaired) electrons. The number of fused-ring (bicyclic) bond motifs is 1. The van der Waals surface area contributed by atoms with Gasteiger partial charge in [0.2, 0.25) is 0 Å². The van der Waals surface area contributed by atoms with E-state index in [1.807, 2.05) is 0 Å². The van der Waals surface area contributed by atoms with Crippen LogP contribution in [0.2, 0.25) is 0 Å². The number of aromatic amines is 1. The average molecular weight is 284 g/mol. The summed E-state index contributed by atoms with van der Waals surface area (Å²) in [6.07, 6.45) is 1.56. The van der Waals surface area contributed by atoms with Gasteiger partial charge in [0.05, 0.1) is 5.56 Å². The molecular formula is C16H13FN2O2. The number of nitrogens with two attached hydrogens (primary N) is 1. The summed E-state index contributed by atoms with van der Waals surface area (Å²) < 4.78 is 18.6. The summed E-state index contributed by atoms with van der Waals surface area (Å²) >= 11 is 0. The van der Waals surface area contributed by atoms with Gasteiger partial charge in [-0.1, -0.05) is 18.2 Å². The van der Waals surface area contributed by atoms with Crippen molar-refractivity contribution >= 4 is 22.6 Å². The van der Waals surface area contributed by atoms with E-state index in [-0.39, 0.29) is 6.61 Å². The first-order chi connectivity index (χ1) is 10.1. The monoisotopic (exact) mass is 284 g/mol. The molecule has 0 unspecified atom stereocenters. The first kappa shape index (κ1) is 13.2. The molecule has 1 aromatic heterocycles. The topological polar surface area (TPSA) is 68.1 Å². The van der Waals surface area contributed by atoms with E-state index in [0.717, 1.165) is 10.9 Å². The number of nitrogens with one attached hydrogen (secondary N) is 1. The number of hydrogen-bond donors (Lipinski definition) is 2. The zero-order chi connectivity index (χ0) is 14.8. The Morgan fingerprint density at radius 1 is 1.24 bits per heavy atom. The van der Waals surface area contributed by atoms with E-state index >= 15 is 0 Å². The first-order valence-corrected chi connectivity index (χ1v) is 6.42. The molecule has 0 aliphatic rings. The van der Waals surface area contributed by atoms with Gasteiger partial charge in [0, 0.05) is 28.4 Å². The van der Waals surface area contributed by atoms with Crippen LogP contribution < -0.4 is 5.73 Å². The van der Waals surface area contributed by atoms with Crippen LogP contribution in [0, 0.1) is 5.82 Å². The summed E-state index contributed by atoms with van der Waals surface area (Å²) in [5.74, 6) is -0.897. The van der Waals surface area contributed by atoms with E-state index in [1.165, 1.54) is 6.07 Å². The predicted molar refractivity (Wildman–Crippen MR) is 78.2 cm³/mol. The summed E-state index contributed by atoms with van der Waals surface area (Å²) in [4.78, 5) is 15.1. The number of halogens is 1. The lowest BCUT2D eigenvalue weighted by Crippen LogP contribution is -2.05. The maximum Gasteiger partial charge on any atom is 0.340 e. The fraction of sp³-hybridized carbons (Fsp3) is 0.0625. The number of aromatic nitrogens is 1. The van der Waals surface area contributed by atoms with Gasteiger partial charge in [0.25, 0.3) is 0 Å². The van der Waals surface area contributed by atoms with Gasteiger partial charge in [0.15, 0.2) is 0 Å². The maximum absolute atomic E-state index is 13.5. The van der Waals surface area contributed by atoms with Crippen LogP contribution in [0.4, 0.5) is 10.1 Å². The lowest BCUT2D eigenvalue weighted by Gasteiger charge is -2.05. The van der Waals surface area contributed by atoms with E-state index in [2.05, 4.69) is 4.98 Å². The second-order valence-corrected chi connectivity index (χ2v) is 4.67. The summed E-state index contributed by atoms with van der Waals surface area (Å²) in [6.45, 7) is -0.104. The van der Waals surface area contributed by atoms with Crippen molar-refractivity contribution in [3.63, 3.8) is 0 Å². The van der Waals surface area contributed by atoms with E-state index in [9.17, 15) is 9.18 Å². The SMILES string of the molecule is Nc1ccc2c(C(=O)OCc3ccccc3F)c[nH]c2c1. The number of carbonyl (C=O) groups is 1. The Morgan fingerprint density at radius 3 is 2.86 bits per heavy atom. The molecule has 106 valence electrons. The molecule has 0 aliphatic carbocycles. The minimum atomic E-state index is -0.505. The highest BCUT2D eigenvalue weighted by Crippen LogP contribution is 2.21. The molecule has 3 N–H and O–H groups in total. The normalized spacial score (nSPS) is 10.7. The summed E-state index contributed by atoms with van der Waals surface area (Å²) in [7, 11) is 0. The van der Waals surface area contributed by atoms with Gasteiger partial charge < -0.3 is 15.5 Å². The van der Waals surface area contributed by atoms with Gasteiger partial charge in [-0.2, -0.15) is 0 Å². The zero-order valence-electron chi connectivity index (χ0n) is 11.1. The highest BCUT2D eigenvalue weighted by atomic mass is 19.1. The maximum atomic E-state index is 13.5. The largest absolute Gasteiger partial charge is 0.457 e. The van der Waals surface area contributed by atoms with Gasteiger partial charge in [-0.25, -0.2) is 9.18 Å². The standard InChI is InChI=1S/C16H13FN2O2/c17-14-4-2-1-3-10(14)9-21-16(20)13-8-19-15-7-11(18)5-6-12(13)15/h1-8,19H,9,18H2. The highest BCUT2D eigenvalue weighted by Gasteiger charge is 2.14. The Labute approximate surface area is 120 Å². The lowest BCUT2D eigenvalue weighted by molar-refractivity contribution is 0.0471. The van der Waals surface area contributed by atoms with E-state index in [4.69, 9.17) is 10.5 Å².